The van der Waals surface area contributed by atoms with Crippen LogP contribution in [0.2, 0.25) is 0 Å². The molecular weight excluding hydrogens is 242 g/mol. The van der Waals surface area contributed by atoms with Crippen molar-refractivity contribution in [3.63, 3.8) is 0 Å². The topological polar surface area (TPSA) is 42.2 Å². The lowest BCUT2D eigenvalue weighted by Crippen LogP contribution is -2.24. The summed E-state index contributed by atoms with van der Waals surface area (Å²) in [6, 6.07) is 8.02. The van der Waals surface area contributed by atoms with E-state index >= 15 is 0 Å². The average molecular weight is 261 g/mol. The monoisotopic (exact) mass is 261 g/mol. The van der Waals surface area contributed by atoms with Crippen molar-refractivity contribution in [1.82, 2.24) is 4.98 Å². The molecule has 0 unspecified atom stereocenters. The summed E-state index contributed by atoms with van der Waals surface area (Å²) in [7, 11) is 0. The van der Waals surface area contributed by atoms with Crippen molar-refractivity contribution < 1.29 is 0 Å². The Labute approximate surface area is 112 Å². The number of hydrogen-bond donors (Lipinski definition) is 1. The average Bonchev–Trinajstić information content (AvgIpc) is 2.75. The second-order valence-corrected chi connectivity index (χ2v) is 5.31. The van der Waals surface area contributed by atoms with Gasteiger partial charge >= 0.3 is 0 Å². The number of benzene rings is 1. The molecule has 96 valence electrons. The molecule has 2 rings (SSSR count). The molecule has 0 aliphatic rings. The molecule has 0 radical (unpaired) electrons. The Bertz CT molecular complexity index is 507. The van der Waals surface area contributed by atoms with Crippen LogP contribution in [0.25, 0.3) is 0 Å². The SMILES string of the molecule is CCCN(Cc1nc(C)cs1)c1ccccc1N. The second kappa shape index (κ2) is 5.87. The lowest BCUT2D eigenvalue weighted by Gasteiger charge is -2.24. The maximum absolute atomic E-state index is 6.05. The number of nitrogens with two attached hydrogens (primary N) is 1. The summed E-state index contributed by atoms with van der Waals surface area (Å²) in [6.45, 7) is 6.04. The van der Waals surface area contributed by atoms with Crippen LogP contribution in [0.3, 0.4) is 0 Å². The van der Waals surface area contributed by atoms with E-state index in [1.165, 1.54) is 0 Å². The lowest BCUT2D eigenvalue weighted by molar-refractivity contribution is 0.763. The predicted molar refractivity (Wildman–Crippen MR) is 79.0 cm³/mol. The van der Waals surface area contributed by atoms with Gasteiger partial charge in [0.15, 0.2) is 0 Å². The predicted octanol–water partition coefficient (Wildman–Crippen LogP) is 3.45. The molecule has 0 saturated carbocycles. The molecule has 0 atom stereocenters. The molecule has 2 N–H and O–H groups in total. The Morgan fingerprint density at radius 3 is 2.72 bits per heavy atom. The van der Waals surface area contributed by atoms with Crippen LogP contribution in [0.1, 0.15) is 24.0 Å². The van der Waals surface area contributed by atoms with Crippen LogP contribution in [0, 0.1) is 6.92 Å². The first kappa shape index (κ1) is 12.9. The van der Waals surface area contributed by atoms with E-state index in [-0.39, 0.29) is 0 Å². The third-order valence-electron chi connectivity index (χ3n) is 2.76. The van der Waals surface area contributed by atoms with Crippen LogP contribution >= 0.6 is 11.3 Å². The molecule has 0 saturated heterocycles. The van der Waals surface area contributed by atoms with Gasteiger partial charge in [0, 0.05) is 17.6 Å². The van der Waals surface area contributed by atoms with Gasteiger partial charge in [-0.3, -0.25) is 0 Å². The minimum atomic E-state index is 0.833. The van der Waals surface area contributed by atoms with Gasteiger partial charge in [0.25, 0.3) is 0 Å². The molecule has 0 fully saturated rings. The van der Waals surface area contributed by atoms with E-state index in [0.29, 0.717) is 0 Å². The minimum absolute atomic E-state index is 0.833. The zero-order valence-electron chi connectivity index (χ0n) is 10.9. The highest BCUT2D eigenvalue weighted by atomic mass is 32.1. The molecule has 0 aliphatic carbocycles. The number of thiazole rings is 1. The summed E-state index contributed by atoms with van der Waals surface area (Å²) in [5.41, 5.74) is 9.08. The molecule has 1 aromatic heterocycles. The van der Waals surface area contributed by atoms with Crippen LogP contribution < -0.4 is 10.6 Å². The zero-order chi connectivity index (χ0) is 13.0. The summed E-state index contributed by atoms with van der Waals surface area (Å²) in [5, 5.41) is 3.23. The molecule has 0 aliphatic heterocycles. The van der Waals surface area contributed by atoms with E-state index in [4.69, 9.17) is 5.73 Å². The van der Waals surface area contributed by atoms with Crippen LogP contribution in [-0.4, -0.2) is 11.5 Å². The molecule has 1 aromatic carbocycles. The molecule has 0 amide bonds. The van der Waals surface area contributed by atoms with Crippen LogP contribution in [0.15, 0.2) is 29.6 Å². The fraction of sp³-hybridized carbons (Fsp3) is 0.357. The van der Waals surface area contributed by atoms with Gasteiger partial charge in [0.2, 0.25) is 0 Å². The highest BCUT2D eigenvalue weighted by Gasteiger charge is 2.11. The standard InChI is InChI=1S/C14H19N3S/c1-3-8-17(9-14-16-11(2)10-18-14)13-7-5-4-6-12(13)15/h4-7,10H,3,8-9,15H2,1-2H3. The van der Waals surface area contributed by atoms with E-state index < -0.39 is 0 Å². The van der Waals surface area contributed by atoms with Gasteiger partial charge in [0.05, 0.1) is 17.9 Å². The van der Waals surface area contributed by atoms with Crippen molar-refractivity contribution in [2.24, 2.45) is 0 Å². The van der Waals surface area contributed by atoms with E-state index in [1.807, 2.05) is 25.1 Å². The number of nitrogen functional groups attached to an aromatic ring is 1. The van der Waals surface area contributed by atoms with E-state index in [1.54, 1.807) is 11.3 Å². The molecule has 0 bridgehead atoms. The number of para-hydroxylation sites is 2. The van der Waals surface area contributed by atoms with E-state index in [0.717, 1.165) is 41.6 Å². The van der Waals surface area contributed by atoms with E-state index in [2.05, 4.69) is 28.3 Å². The van der Waals surface area contributed by atoms with Gasteiger partial charge in [-0.2, -0.15) is 0 Å². The molecule has 3 nitrogen and oxygen atoms in total. The largest absolute Gasteiger partial charge is 0.397 e. The number of nitrogens with zero attached hydrogens (tertiary/aromatic N) is 2. The summed E-state index contributed by atoms with van der Waals surface area (Å²) in [5.74, 6) is 0. The van der Waals surface area contributed by atoms with Crippen molar-refractivity contribution >= 4 is 22.7 Å². The fourth-order valence-corrected chi connectivity index (χ4v) is 2.76. The molecule has 18 heavy (non-hydrogen) atoms. The number of hydrogen-bond acceptors (Lipinski definition) is 4. The van der Waals surface area contributed by atoms with Gasteiger partial charge in [-0.05, 0) is 25.5 Å². The van der Waals surface area contributed by atoms with Crippen molar-refractivity contribution in [3.8, 4) is 0 Å². The molecule has 1 heterocycles. The summed E-state index contributed by atoms with van der Waals surface area (Å²) in [4.78, 5) is 6.82. The van der Waals surface area contributed by atoms with Crippen molar-refractivity contribution in [3.05, 3.63) is 40.3 Å². The third kappa shape index (κ3) is 3.01. The first-order valence-electron chi connectivity index (χ1n) is 6.21. The number of aromatic nitrogens is 1. The highest BCUT2D eigenvalue weighted by Crippen LogP contribution is 2.25. The lowest BCUT2D eigenvalue weighted by atomic mass is 10.2. The van der Waals surface area contributed by atoms with Crippen LogP contribution in [0.4, 0.5) is 11.4 Å². The van der Waals surface area contributed by atoms with Crippen LogP contribution in [-0.2, 0) is 6.54 Å². The molecule has 4 heteroatoms. The maximum Gasteiger partial charge on any atom is 0.112 e. The van der Waals surface area contributed by atoms with Crippen LogP contribution in [0.5, 0.6) is 0 Å². The summed E-state index contributed by atoms with van der Waals surface area (Å²) in [6.07, 6.45) is 1.10. The minimum Gasteiger partial charge on any atom is -0.397 e. The Balaban J connectivity index is 2.20. The van der Waals surface area contributed by atoms with Gasteiger partial charge < -0.3 is 10.6 Å². The zero-order valence-corrected chi connectivity index (χ0v) is 11.7. The number of rotatable bonds is 5. The molecular formula is C14H19N3S. The van der Waals surface area contributed by atoms with Gasteiger partial charge in [-0.15, -0.1) is 11.3 Å². The number of anilines is 2. The first-order chi connectivity index (χ1) is 8.70. The fourth-order valence-electron chi connectivity index (χ4n) is 1.97. The molecule has 0 spiro atoms. The maximum atomic E-state index is 6.05. The van der Waals surface area contributed by atoms with Crippen molar-refractivity contribution in [1.29, 1.82) is 0 Å². The normalized spacial score (nSPS) is 10.6. The van der Waals surface area contributed by atoms with Gasteiger partial charge in [-0.1, -0.05) is 19.1 Å². The third-order valence-corrected chi connectivity index (χ3v) is 3.72. The van der Waals surface area contributed by atoms with Gasteiger partial charge in [-0.25, -0.2) is 4.98 Å². The Morgan fingerprint density at radius 2 is 2.11 bits per heavy atom. The Kier molecular flexibility index (Phi) is 4.20. The number of aryl methyl sites for hydroxylation is 1. The summed E-state index contributed by atoms with van der Waals surface area (Å²) < 4.78 is 0. The first-order valence-corrected chi connectivity index (χ1v) is 7.09. The van der Waals surface area contributed by atoms with Crippen molar-refractivity contribution in [2.45, 2.75) is 26.8 Å². The second-order valence-electron chi connectivity index (χ2n) is 4.36. The quantitative estimate of drug-likeness (QED) is 0.838. The Hall–Kier alpha value is -1.55. The Morgan fingerprint density at radius 1 is 1.33 bits per heavy atom. The van der Waals surface area contributed by atoms with E-state index in [9.17, 15) is 0 Å². The summed E-state index contributed by atoms with van der Waals surface area (Å²) >= 11 is 1.71. The smallest absolute Gasteiger partial charge is 0.112 e. The van der Waals surface area contributed by atoms with Gasteiger partial charge in [0.1, 0.15) is 5.01 Å². The molecule has 2 aromatic rings. The van der Waals surface area contributed by atoms with Crippen molar-refractivity contribution in [2.75, 3.05) is 17.2 Å². The highest BCUT2D eigenvalue weighted by molar-refractivity contribution is 7.09.